The molecule has 0 saturated heterocycles. The van der Waals surface area contributed by atoms with Gasteiger partial charge in [0.1, 0.15) is 0 Å². The number of allylic oxidation sites excluding steroid dienone is 3. The minimum Gasteiger partial charge on any atom is -0.356 e. The Bertz CT molecular complexity index is 881. The fraction of sp³-hybridized carbons (Fsp3) is 0.0909. The summed E-state index contributed by atoms with van der Waals surface area (Å²) < 4.78 is 0. The Hall–Kier alpha value is -3.20. The van der Waals surface area contributed by atoms with Crippen molar-refractivity contribution in [3.8, 4) is 11.3 Å². The second kappa shape index (κ2) is 8.06. The van der Waals surface area contributed by atoms with E-state index in [0.717, 1.165) is 33.9 Å². The molecule has 0 aliphatic rings. The molecule has 3 nitrogen and oxygen atoms in total. The molecule has 1 N–H and O–H groups in total. The van der Waals surface area contributed by atoms with E-state index in [1.165, 1.54) is 0 Å². The maximum absolute atomic E-state index is 4.41. The van der Waals surface area contributed by atoms with Crippen LogP contribution >= 0.6 is 0 Å². The summed E-state index contributed by atoms with van der Waals surface area (Å²) in [5.74, 6) is 0. The molecule has 25 heavy (non-hydrogen) atoms. The predicted molar refractivity (Wildman–Crippen MR) is 105 cm³/mol. The van der Waals surface area contributed by atoms with E-state index < -0.39 is 0 Å². The van der Waals surface area contributed by atoms with Gasteiger partial charge in [0.05, 0.1) is 11.4 Å². The number of rotatable bonds is 5. The maximum atomic E-state index is 4.41. The monoisotopic (exact) mass is 327 g/mol. The zero-order valence-corrected chi connectivity index (χ0v) is 14.5. The van der Waals surface area contributed by atoms with Gasteiger partial charge in [-0.25, -0.2) is 0 Å². The van der Waals surface area contributed by atoms with Crippen LogP contribution in [-0.2, 0) is 0 Å². The summed E-state index contributed by atoms with van der Waals surface area (Å²) in [6.07, 6.45) is 7.78. The zero-order valence-electron chi connectivity index (χ0n) is 14.5. The average molecular weight is 327 g/mol. The van der Waals surface area contributed by atoms with Crippen LogP contribution in [0.1, 0.15) is 19.5 Å². The number of nitrogens with one attached hydrogen (secondary N) is 1. The SMILES string of the molecule is C/C=C(\C=C(/C)c1ccccn1)Nc1cccc(-c2ccccn2)c1. The van der Waals surface area contributed by atoms with Crippen LogP contribution in [0.4, 0.5) is 5.69 Å². The van der Waals surface area contributed by atoms with E-state index in [2.05, 4.69) is 52.6 Å². The third-order valence-electron chi connectivity index (χ3n) is 3.86. The van der Waals surface area contributed by atoms with Gasteiger partial charge in [-0.05, 0) is 61.9 Å². The number of aromatic nitrogens is 2. The summed E-state index contributed by atoms with van der Waals surface area (Å²) in [7, 11) is 0. The first-order chi connectivity index (χ1) is 12.3. The van der Waals surface area contributed by atoms with E-state index in [-0.39, 0.29) is 0 Å². The number of pyridine rings is 2. The summed E-state index contributed by atoms with van der Waals surface area (Å²) in [6.45, 7) is 4.09. The van der Waals surface area contributed by atoms with Gasteiger partial charge >= 0.3 is 0 Å². The lowest BCUT2D eigenvalue weighted by Gasteiger charge is -2.10. The summed E-state index contributed by atoms with van der Waals surface area (Å²) in [4.78, 5) is 8.81. The van der Waals surface area contributed by atoms with Gasteiger partial charge in [-0.2, -0.15) is 0 Å². The summed E-state index contributed by atoms with van der Waals surface area (Å²) >= 11 is 0. The standard InChI is InChI=1S/C22H21N3/c1-3-19(15-17(2)21-11-4-6-13-23-21)25-20-10-8-9-18(16-20)22-12-5-7-14-24-22/h3-16,25H,1-2H3/b17-15+,19-3+. The molecule has 124 valence electrons. The second-order valence-electron chi connectivity index (χ2n) is 5.71. The molecule has 3 aromatic rings. The van der Waals surface area contributed by atoms with Gasteiger partial charge in [0, 0.05) is 29.3 Å². The maximum Gasteiger partial charge on any atom is 0.0702 e. The Morgan fingerprint density at radius 3 is 2.40 bits per heavy atom. The van der Waals surface area contributed by atoms with Gasteiger partial charge in [0.25, 0.3) is 0 Å². The molecule has 0 amide bonds. The summed E-state index contributed by atoms with van der Waals surface area (Å²) in [6, 6.07) is 20.1. The average Bonchev–Trinajstić information content (AvgIpc) is 2.69. The van der Waals surface area contributed by atoms with Crippen LogP contribution in [0.25, 0.3) is 16.8 Å². The molecule has 0 saturated carbocycles. The molecule has 0 fully saturated rings. The van der Waals surface area contributed by atoms with Crippen molar-refractivity contribution in [2.45, 2.75) is 13.8 Å². The summed E-state index contributed by atoms with van der Waals surface area (Å²) in [5.41, 5.74) is 6.20. The molecular formula is C22H21N3. The first kappa shape index (κ1) is 16.7. The first-order valence-electron chi connectivity index (χ1n) is 8.31. The highest BCUT2D eigenvalue weighted by molar-refractivity contribution is 5.69. The Balaban J connectivity index is 1.81. The van der Waals surface area contributed by atoms with Crippen LogP contribution in [0.15, 0.2) is 90.9 Å². The quantitative estimate of drug-likeness (QED) is 0.623. The van der Waals surface area contributed by atoms with Crippen molar-refractivity contribution in [3.05, 3.63) is 96.6 Å². The zero-order chi connectivity index (χ0) is 17.5. The van der Waals surface area contributed by atoms with Gasteiger partial charge < -0.3 is 5.32 Å². The van der Waals surface area contributed by atoms with E-state index in [0.29, 0.717) is 0 Å². The van der Waals surface area contributed by atoms with Crippen molar-refractivity contribution in [1.29, 1.82) is 0 Å². The first-order valence-corrected chi connectivity index (χ1v) is 8.31. The highest BCUT2D eigenvalue weighted by Crippen LogP contribution is 2.22. The third kappa shape index (κ3) is 4.42. The second-order valence-corrected chi connectivity index (χ2v) is 5.71. The minimum absolute atomic E-state index is 0.966. The number of hydrogen-bond acceptors (Lipinski definition) is 3. The molecule has 0 radical (unpaired) electrons. The highest BCUT2D eigenvalue weighted by Gasteiger charge is 2.02. The Morgan fingerprint density at radius 1 is 0.920 bits per heavy atom. The Kier molecular flexibility index (Phi) is 5.37. The van der Waals surface area contributed by atoms with E-state index in [4.69, 9.17) is 0 Å². The molecule has 0 bridgehead atoms. The van der Waals surface area contributed by atoms with Crippen LogP contribution in [0.3, 0.4) is 0 Å². The lowest BCUT2D eigenvalue weighted by atomic mass is 10.1. The molecule has 0 aliphatic carbocycles. The smallest absolute Gasteiger partial charge is 0.0702 e. The molecule has 3 heteroatoms. The van der Waals surface area contributed by atoms with Crippen LogP contribution in [-0.4, -0.2) is 9.97 Å². The molecule has 2 aromatic heterocycles. The van der Waals surface area contributed by atoms with Crippen molar-refractivity contribution in [2.75, 3.05) is 5.32 Å². The number of nitrogens with zero attached hydrogens (tertiary/aromatic N) is 2. The van der Waals surface area contributed by atoms with Gasteiger partial charge in [-0.1, -0.05) is 30.3 Å². The topological polar surface area (TPSA) is 37.8 Å². The number of hydrogen-bond donors (Lipinski definition) is 1. The van der Waals surface area contributed by atoms with Crippen molar-refractivity contribution >= 4 is 11.3 Å². The molecule has 0 spiro atoms. The molecule has 0 atom stereocenters. The largest absolute Gasteiger partial charge is 0.356 e. The predicted octanol–water partition coefficient (Wildman–Crippen LogP) is 5.56. The normalized spacial score (nSPS) is 12.1. The lowest BCUT2D eigenvalue weighted by Crippen LogP contribution is -1.98. The minimum atomic E-state index is 0.966. The van der Waals surface area contributed by atoms with Gasteiger partial charge in [0.2, 0.25) is 0 Å². The summed E-state index contributed by atoms with van der Waals surface area (Å²) in [5, 5.41) is 3.47. The lowest BCUT2D eigenvalue weighted by molar-refractivity contribution is 1.26. The number of anilines is 1. The van der Waals surface area contributed by atoms with E-state index in [1.54, 1.807) is 0 Å². The molecule has 0 unspecified atom stereocenters. The van der Waals surface area contributed by atoms with Crippen LogP contribution < -0.4 is 5.32 Å². The Morgan fingerprint density at radius 2 is 1.72 bits per heavy atom. The van der Waals surface area contributed by atoms with Crippen LogP contribution in [0.2, 0.25) is 0 Å². The molecule has 1 aromatic carbocycles. The van der Waals surface area contributed by atoms with Crippen molar-refractivity contribution in [1.82, 2.24) is 9.97 Å². The van der Waals surface area contributed by atoms with Gasteiger partial charge in [0.15, 0.2) is 0 Å². The highest BCUT2D eigenvalue weighted by atomic mass is 14.9. The molecular weight excluding hydrogens is 306 g/mol. The fourth-order valence-electron chi connectivity index (χ4n) is 2.55. The number of benzene rings is 1. The molecule has 0 aliphatic heterocycles. The van der Waals surface area contributed by atoms with E-state index in [9.17, 15) is 0 Å². The van der Waals surface area contributed by atoms with E-state index in [1.807, 2.05) is 61.8 Å². The van der Waals surface area contributed by atoms with Crippen LogP contribution in [0, 0.1) is 0 Å². The van der Waals surface area contributed by atoms with Gasteiger partial charge in [-0.15, -0.1) is 0 Å². The molecule has 3 rings (SSSR count). The fourth-order valence-corrected chi connectivity index (χ4v) is 2.55. The van der Waals surface area contributed by atoms with Crippen molar-refractivity contribution in [2.24, 2.45) is 0 Å². The van der Waals surface area contributed by atoms with Crippen LogP contribution in [0.5, 0.6) is 0 Å². The Labute approximate surface area is 148 Å². The van der Waals surface area contributed by atoms with Crippen molar-refractivity contribution in [3.63, 3.8) is 0 Å². The van der Waals surface area contributed by atoms with E-state index >= 15 is 0 Å². The van der Waals surface area contributed by atoms with Crippen molar-refractivity contribution < 1.29 is 0 Å². The third-order valence-corrected chi connectivity index (χ3v) is 3.86. The molecule has 2 heterocycles. The van der Waals surface area contributed by atoms with Gasteiger partial charge in [-0.3, -0.25) is 9.97 Å².